The van der Waals surface area contributed by atoms with E-state index in [1.54, 1.807) is 6.20 Å². The van der Waals surface area contributed by atoms with E-state index in [1.807, 2.05) is 43.3 Å². The zero-order valence-electron chi connectivity index (χ0n) is 8.73. The lowest BCUT2D eigenvalue weighted by atomic mass is 10.1. The van der Waals surface area contributed by atoms with Crippen LogP contribution in [0.2, 0.25) is 0 Å². The van der Waals surface area contributed by atoms with Crippen molar-refractivity contribution in [2.45, 2.75) is 0 Å². The molecule has 1 aromatic heterocycles. The van der Waals surface area contributed by atoms with Crippen LogP contribution in [-0.4, -0.2) is 19.1 Å². The van der Waals surface area contributed by atoms with E-state index in [4.69, 9.17) is 5.26 Å². The molecule has 0 N–H and O–H groups in total. The summed E-state index contributed by atoms with van der Waals surface area (Å²) >= 11 is 0. The predicted molar refractivity (Wildman–Crippen MR) is 60.8 cm³/mol. The summed E-state index contributed by atoms with van der Waals surface area (Å²) < 4.78 is 0. The highest BCUT2D eigenvalue weighted by atomic mass is 15.1. The van der Waals surface area contributed by atoms with Crippen molar-refractivity contribution in [1.29, 1.82) is 5.26 Å². The SMILES string of the molecule is CN(C)c1cccc2cc(C#N)cnc12. The standard InChI is InChI=1S/C12H11N3/c1-15(2)11-5-3-4-10-6-9(7-13)8-14-12(10)11/h3-6,8H,1-2H3. The summed E-state index contributed by atoms with van der Waals surface area (Å²) in [5.74, 6) is 0. The first-order valence-corrected chi connectivity index (χ1v) is 4.68. The van der Waals surface area contributed by atoms with Crippen LogP contribution >= 0.6 is 0 Å². The lowest BCUT2D eigenvalue weighted by Crippen LogP contribution is -2.09. The van der Waals surface area contributed by atoms with Gasteiger partial charge in [-0.05, 0) is 12.1 Å². The number of rotatable bonds is 1. The summed E-state index contributed by atoms with van der Waals surface area (Å²) in [5, 5.41) is 9.78. The first-order valence-electron chi connectivity index (χ1n) is 4.68. The highest BCUT2D eigenvalue weighted by molar-refractivity contribution is 5.91. The summed E-state index contributed by atoms with van der Waals surface area (Å²) in [6, 6.07) is 9.90. The smallest absolute Gasteiger partial charge is 0.101 e. The molecule has 0 aliphatic heterocycles. The second kappa shape index (κ2) is 3.58. The van der Waals surface area contributed by atoms with Crippen LogP contribution in [0.1, 0.15) is 5.56 Å². The molecule has 74 valence electrons. The second-order valence-corrected chi connectivity index (χ2v) is 3.58. The first kappa shape index (κ1) is 9.47. The van der Waals surface area contributed by atoms with Crippen molar-refractivity contribution < 1.29 is 0 Å². The molecule has 2 rings (SSSR count). The Morgan fingerprint density at radius 3 is 2.80 bits per heavy atom. The molecule has 0 bridgehead atoms. The van der Waals surface area contributed by atoms with Gasteiger partial charge in [-0.15, -0.1) is 0 Å². The quantitative estimate of drug-likeness (QED) is 0.703. The minimum Gasteiger partial charge on any atom is -0.376 e. The molecule has 0 unspecified atom stereocenters. The molecule has 0 fully saturated rings. The van der Waals surface area contributed by atoms with Gasteiger partial charge in [-0.25, -0.2) is 0 Å². The third kappa shape index (κ3) is 1.62. The van der Waals surface area contributed by atoms with E-state index in [0.717, 1.165) is 16.6 Å². The zero-order chi connectivity index (χ0) is 10.8. The Labute approximate surface area is 88.6 Å². The third-order valence-corrected chi connectivity index (χ3v) is 2.30. The Hall–Kier alpha value is -2.08. The van der Waals surface area contributed by atoms with Crippen LogP contribution in [0.3, 0.4) is 0 Å². The van der Waals surface area contributed by atoms with E-state index < -0.39 is 0 Å². The number of nitrogens with zero attached hydrogens (tertiary/aromatic N) is 3. The molecule has 3 nitrogen and oxygen atoms in total. The molecule has 0 spiro atoms. The minimum absolute atomic E-state index is 0.596. The van der Waals surface area contributed by atoms with E-state index in [9.17, 15) is 0 Å². The fourth-order valence-electron chi connectivity index (χ4n) is 1.57. The van der Waals surface area contributed by atoms with Crippen molar-refractivity contribution in [3.8, 4) is 6.07 Å². The fourth-order valence-corrected chi connectivity index (χ4v) is 1.57. The maximum atomic E-state index is 8.78. The normalized spacial score (nSPS) is 9.93. The molecule has 3 heteroatoms. The summed E-state index contributed by atoms with van der Waals surface area (Å²) in [5.41, 5.74) is 2.59. The van der Waals surface area contributed by atoms with Crippen LogP contribution in [-0.2, 0) is 0 Å². The lowest BCUT2D eigenvalue weighted by Gasteiger charge is -2.14. The maximum Gasteiger partial charge on any atom is 0.101 e. The number of benzene rings is 1. The number of hydrogen-bond donors (Lipinski definition) is 0. The van der Waals surface area contributed by atoms with Crippen molar-refractivity contribution in [3.05, 3.63) is 36.0 Å². The fraction of sp³-hybridized carbons (Fsp3) is 0.167. The van der Waals surface area contributed by atoms with Crippen LogP contribution < -0.4 is 4.90 Å². The Bertz CT molecular complexity index is 538. The molecule has 0 aliphatic carbocycles. The van der Waals surface area contributed by atoms with E-state index in [-0.39, 0.29) is 0 Å². The molecular weight excluding hydrogens is 186 g/mol. The van der Waals surface area contributed by atoms with Crippen molar-refractivity contribution in [2.75, 3.05) is 19.0 Å². The van der Waals surface area contributed by atoms with Crippen molar-refractivity contribution in [3.63, 3.8) is 0 Å². The molecule has 0 atom stereocenters. The van der Waals surface area contributed by atoms with Gasteiger partial charge in [-0.2, -0.15) is 5.26 Å². The molecule has 0 saturated heterocycles. The first-order chi connectivity index (χ1) is 7.22. The topological polar surface area (TPSA) is 39.9 Å². The molecule has 0 amide bonds. The Balaban J connectivity index is 2.73. The zero-order valence-corrected chi connectivity index (χ0v) is 8.73. The second-order valence-electron chi connectivity index (χ2n) is 3.58. The molecular formula is C12H11N3. The molecule has 0 saturated carbocycles. The molecule has 1 heterocycles. The van der Waals surface area contributed by atoms with E-state index in [0.29, 0.717) is 5.56 Å². The molecule has 0 radical (unpaired) electrons. The van der Waals surface area contributed by atoms with Gasteiger partial charge in [0.05, 0.1) is 16.8 Å². The molecule has 0 aliphatic rings. The molecule has 1 aromatic carbocycles. The van der Waals surface area contributed by atoms with Gasteiger partial charge in [-0.1, -0.05) is 12.1 Å². The van der Waals surface area contributed by atoms with E-state index in [2.05, 4.69) is 11.1 Å². The van der Waals surface area contributed by atoms with Gasteiger partial charge in [0.15, 0.2) is 0 Å². The van der Waals surface area contributed by atoms with Gasteiger partial charge >= 0.3 is 0 Å². The minimum atomic E-state index is 0.596. The monoisotopic (exact) mass is 197 g/mol. The van der Waals surface area contributed by atoms with Crippen LogP contribution in [0.15, 0.2) is 30.5 Å². The lowest BCUT2D eigenvalue weighted by molar-refractivity contribution is 1.13. The van der Waals surface area contributed by atoms with Crippen molar-refractivity contribution in [2.24, 2.45) is 0 Å². The summed E-state index contributed by atoms with van der Waals surface area (Å²) in [6.45, 7) is 0. The summed E-state index contributed by atoms with van der Waals surface area (Å²) in [6.07, 6.45) is 1.61. The average Bonchev–Trinajstić information content (AvgIpc) is 2.27. The predicted octanol–water partition coefficient (Wildman–Crippen LogP) is 2.17. The van der Waals surface area contributed by atoms with Crippen molar-refractivity contribution >= 4 is 16.6 Å². The Morgan fingerprint density at radius 1 is 1.33 bits per heavy atom. The van der Waals surface area contributed by atoms with Crippen LogP contribution in [0.25, 0.3) is 10.9 Å². The summed E-state index contributed by atoms with van der Waals surface area (Å²) in [4.78, 5) is 6.32. The summed E-state index contributed by atoms with van der Waals surface area (Å²) in [7, 11) is 3.96. The number of para-hydroxylation sites is 1. The number of hydrogen-bond acceptors (Lipinski definition) is 3. The number of nitriles is 1. The Kier molecular flexibility index (Phi) is 2.26. The maximum absolute atomic E-state index is 8.78. The number of fused-ring (bicyclic) bond motifs is 1. The average molecular weight is 197 g/mol. The molecule has 15 heavy (non-hydrogen) atoms. The van der Waals surface area contributed by atoms with Gasteiger partial charge in [0.2, 0.25) is 0 Å². The van der Waals surface area contributed by atoms with E-state index >= 15 is 0 Å². The number of aromatic nitrogens is 1. The largest absolute Gasteiger partial charge is 0.376 e. The van der Waals surface area contributed by atoms with Gasteiger partial charge in [0.25, 0.3) is 0 Å². The highest BCUT2D eigenvalue weighted by Gasteiger charge is 2.04. The molecule has 2 aromatic rings. The highest BCUT2D eigenvalue weighted by Crippen LogP contribution is 2.23. The van der Waals surface area contributed by atoms with Crippen LogP contribution in [0.5, 0.6) is 0 Å². The van der Waals surface area contributed by atoms with Gasteiger partial charge in [-0.3, -0.25) is 4.98 Å². The number of anilines is 1. The van der Waals surface area contributed by atoms with Gasteiger partial charge in [0.1, 0.15) is 6.07 Å². The van der Waals surface area contributed by atoms with Crippen LogP contribution in [0.4, 0.5) is 5.69 Å². The van der Waals surface area contributed by atoms with E-state index in [1.165, 1.54) is 0 Å². The van der Waals surface area contributed by atoms with Gasteiger partial charge in [0, 0.05) is 25.7 Å². The third-order valence-electron chi connectivity index (χ3n) is 2.30. The Morgan fingerprint density at radius 2 is 2.13 bits per heavy atom. The number of pyridine rings is 1. The van der Waals surface area contributed by atoms with Crippen LogP contribution in [0, 0.1) is 11.3 Å². The van der Waals surface area contributed by atoms with Crippen molar-refractivity contribution in [1.82, 2.24) is 4.98 Å². The van der Waals surface area contributed by atoms with Gasteiger partial charge < -0.3 is 4.90 Å².